The van der Waals surface area contributed by atoms with Crippen molar-refractivity contribution < 1.29 is 9.53 Å². The van der Waals surface area contributed by atoms with E-state index in [2.05, 4.69) is 43.3 Å². The molecule has 3 aromatic rings. The summed E-state index contributed by atoms with van der Waals surface area (Å²) < 4.78 is 5.41. The molecule has 24 heavy (non-hydrogen) atoms. The molecule has 0 atom stereocenters. The van der Waals surface area contributed by atoms with Crippen LogP contribution in [0.5, 0.6) is 5.75 Å². The van der Waals surface area contributed by atoms with E-state index in [0.717, 1.165) is 16.7 Å². The van der Waals surface area contributed by atoms with E-state index in [1.807, 2.05) is 42.5 Å². The van der Waals surface area contributed by atoms with E-state index in [1.165, 1.54) is 5.56 Å². The molecule has 120 valence electrons. The summed E-state index contributed by atoms with van der Waals surface area (Å²) >= 11 is 0. The zero-order valence-corrected chi connectivity index (χ0v) is 13.7. The minimum absolute atomic E-state index is 0.206. The molecule has 0 fully saturated rings. The van der Waals surface area contributed by atoms with Gasteiger partial charge in [-0.2, -0.15) is 0 Å². The first-order valence-electron chi connectivity index (χ1n) is 8.12. The third-order valence-electron chi connectivity index (χ3n) is 3.93. The lowest BCUT2D eigenvalue weighted by Gasteiger charge is -2.06. The van der Waals surface area contributed by atoms with Crippen molar-refractivity contribution in [2.75, 3.05) is 0 Å². The van der Waals surface area contributed by atoms with Crippen LogP contribution in [0.4, 0.5) is 0 Å². The van der Waals surface area contributed by atoms with Gasteiger partial charge in [-0.25, -0.2) is 0 Å². The maximum Gasteiger partial charge on any atom is 0.311 e. The molecular weight excluding hydrogens is 296 g/mol. The Kier molecular flexibility index (Phi) is 5.07. The van der Waals surface area contributed by atoms with Gasteiger partial charge in [0.05, 0.1) is 0 Å². The number of carbonyl (C=O) groups is 1. The van der Waals surface area contributed by atoms with E-state index < -0.39 is 0 Å². The molecule has 0 N–H and O–H groups in total. The second-order valence-electron chi connectivity index (χ2n) is 5.85. The standard InChI is InChI=1S/C22H20O2/c1-17-7-9-18(10-8-17)11-16-22(23)24-21-14-12-20(13-15-21)19-5-3-2-4-6-19/h2-10,12-15H,11,16H2,1H3. The summed E-state index contributed by atoms with van der Waals surface area (Å²) in [6.45, 7) is 2.05. The van der Waals surface area contributed by atoms with Crippen molar-refractivity contribution in [3.63, 3.8) is 0 Å². The maximum atomic E-state index is 12.0. The molecule has 0 aliphatic heterocycles. The molecule has 0 bridgehead atoms. The third kappa shape index (κ3) is 4.32. The fourth-order valence-corrected chi connectivity index (χ4v) is 2.53. The van der Waals surface area contributed by atoms with E-state index >= 15 is 0 Å². The molecule has 0 saturated carbocycles. The fraction of sp³-hybridized carbons (Fsp3) is 0.136. The van der Waals surface area contributed by atoms with Gasteiger partial charge in [-0.15, -0.1) is 0 Å². The van der Waals surface area contributed by atoms with E-state index in [9.17, 15) is 4.79 Å². The van der Waals surface area contributed by atoms with Gasteiger partial charge in [0, 0.05) is 6.42 Å². The van der Waals surface area contributed by atoms with Crippen LogP contribution in [-0.4, -0.2) is 5.97 Å². The van der Waals surface area contributed by atoms with E-state index in [4.69, 9.17) is 4.74 Å². The molecule has 3 rings (SSSR count). The molecule has 0 unspecified atom stereocenters. The summed E-state index contributed by atoms with van der Waals surface area (Å²) in [4.78, 5) is 12.0. The van der Waals surface area contributed by atoms with Gasteiger partial charge in [0.15, 0.2) is 0 Å². The highest BCUT2D eigenvalue weighted by Crippen LogP contribution is 2.22. The minimum atomic E-state index is -0.206. The van der Waals surface area contributed by atoms with Crippen LogP contribution in [0, 0.1) is 6.92 Å². The number of hydrogen-bond donors (Lipinski definition) is 0. The number of aryl methyl sites for hydroxylation is 2. The summed E-state index contributed by atoms with van der Waals surface area (Å²) in [5.74, 6) is 0.381. The molecule has 3 aromatic carbocycles. The zero-order valence-electron chi connectivity index (χ0n) is 13.7. The summed E-state index contributed by atoms with van der Waals surface area (Å²) in [6, 6.07) is 26.0. The highest BCUT2D eigenvalue weighted by molar-refractivity contribution is 5.73. The van der Waals surface area contributed by atoms with Crippen LogP contribution in [0.15, 0.2) is 78.9 Å². The van der Waals surface area contributed by atoms with Gasteiger partial charge in [0.2, 0.25) is 0 Å². The lowest BCUT2D eigenvalue weighted by atomic mass is 10.1. The van der Waals surface area contributed by atoms with Crippen LogP contribution >= 0.6 is 0 Å². The lowest BCUT2D eigenvalue weighted by molar-refractivity contribution is -0.134. The van der Waals surface area contributed by atoms with Gasteiger partial charge < -0.3 is 4.74 Å². The van der Waals surface area contributed by atoms with Crippen LogP contribution in [0.1, 0.15) is 17.5 Å². The Morgan fingerprint density at radius 1 is 0.792 bits per heavy atom. The quantitative estimate of drug-likeness (QED) is 0.477. The van der Waals surface area contributed by atoms with Crippen LogP contribution < -0.4 is 4.74 Å². The highest BCUT2D eigenvalue weighted by Gasteiger charge is 2.06. The van der Waals surface area contributed by atoms with E-state index in [1.54, 1.807) is 0 Å². The molecule has 0 amide bonds. The normalized spacial score (nSPS) is 10.4. The summed E-state index contributed by atoms with van der Waals surface area (Å²) in [7, 11) is 0. The predicted octanol–water partition coefficient (Wildman–Crippen LogP) is 5.20. The molecule has 2 nitrogen and oxygen atoms in total. The third-order valence-corrected chi connectivity index (χ3v) is 3.93. The van der Waals surface area contributed by atoms with Crippen molar-refractivity contribution >= 4 is 5.97 Å². The Hall–Kier alpha value is -2.87. The number of ether oxygens (including phenoxy) is 1. The number of rotatable bonds is 5. The van der Waals surface area contributed by atoms with Crippen molar-refractivity contribution in [1.82, 2.24) is 0 Å². The number of esters is 1. The highest BCUT2D eigenvalue weighted by atomic mass is 16.5. The largest absolute Gasteiger partial charge is 0.427 e. The first kappa shape index (κ1) is 16.0. The van der Waals surface area contributed by atoms with Gasteiger partial charge in [0.25, 0.3) is 0 Å². The molecule has 0 aliphatic rings. The molecule has 0 aliphatic carbocycles. The summed E-state index contributed by atoms with van der Waals surface area (Å²) in [5, 5.41) is 0. The predicted molar refractivity (Wildman–Crippen MR) is 97.0 cm³/mol. The molecular formula is C22H20O2. The van der Waals surface area contributed by atoms with Crippen LogP contribution in [0.2, 0.25) is 0 Å². The Balaban J connectivity index is 1.55. The maximum absolute atomic E-state index is 12.0. The molecule has 0 aromatic heterocycles. The van der Waals surface area contributed by atoms with E-state index in [0.29, 0.717) is 18.6 Å². The monoisotopic (exact) mass is 316 g/mol. The molecule has 2 heteroatoms. The number of hydrogen-bond acceptors (Lipinski definition) is 2. The van der Waals surface area contributed by atoms with E-state index in [-0.39, 0.29) is 5.97 Å². The van der Waals surface area contributed by atoms with Gasteiger partial charge in [0.1, 0.15) is 5.75 Å². The van der Waals surface area contributed by atoms with Crippen LogP contribution in [0.25, 0.3) is 11.1 Å². The molecule has 0 radical (unpaired) electrons. The van der Waals surface area contributed by atoms with Crippen molar-refractivity contribution in [1.29, 1.82) is 0 Å². The summed E-state index contributed by atoms with van der Waals surface area (Å²) in [5.41, 5.74) is 4.63. The first-order valence-corrected chi connectivity index (χ1v) is 8.12. The van der Waals surface area contributed by atoms with Gasteiger partial charge in [-0.05, 0) is 42.2 Å². The van der Waals surface area contributed by atoms with Crippen molar-refractivity contribution in [3.8, 4) is 16.9 Å². The van der Waals surface area contributed by atoms with Gasteiger partial charge >= 0.3 is 5.97 Å². The fourth-order valence-electron chi connectivity index (χ4n) is 2.53. The van der Waals surface area contributed by atoms with Crippen molar-refractivity contribution in [2.45, 2.75) is 19.8 Å². The van der Waals surface area contributed by atoms with Crippen molar-refractivity contribution in [3.05, 3.63) is 90.0 Å². The molecule has 0 saturated heterocycles. The Bertz CT molecular complexity index is 788. The average molecular weight is 316 g/mol. The molecule has 0 heterocycles. The minimum Gasteiger partial charge on any atom is -0.427 e. The second kappa shape index (κ2) is 7.60. The molecule has 0 spiro atoms. The lowest BCUT2D eigenvalue weighted by Crippen LogP contribution is -2.08. The van der Waals surface area contributed by atoms with Crippen LogP contribution in [0.3, 0.4) is 0 Å². The Labute approximate surface area is 142 Å². The van der Waals surface area contributed by atoms with Crippen molar-refractivity contribution in [2.24, 2.45) is 0 Å². The summed E-state index contributed by atoms with van der Waals surface area (Å²) in [6.07, 6.45) is 1.07. The second-order valence-corrected chi connectivity index (χ2v) is 5.85. The van der Waals surface area contributed by atoms with Gasteiger partial charge in [-0.1, -0.05) is 72.3 Å². The number of carbonyl (C=O) groups excluding carboxylic acids is 1. The Morgan fingerprint density at radius 3 is 2.08 bits per heavy atom. The zero-order chi connectivity index (χ0) is 16.8. The first-order chi connectivity index (χ1) is 11.7. The number of benzene rings is 3. The van der Waals surface area contributed by atoms with Crippen LogP contribution in [-0.2, 0) is 11.2 Å². The average Bonchev–Trinajstić information content (AvgIpc) is 2.63. The Morgan fingerprint density at radius 2 is 1.42 bits per heavy atom. The smallest absolute Gasteiger partial charge is 0.311 e. The topological polar surface area (TPSA) is 26.3 Å². The van der Waals surface area contributed by atoms with Gasteiger partial charge in [-0.3, -0.25) is 4.79 Å². The SMILES string of the molecule is Cc1ccc(CCC(=O)Oc2ccc(-c3ccccc3)cc2)cc1.